The molecular formula is C14H12ClN5OS. The number of H-pyrrole nitrogens is 1. The van der Waals surface area contributed by atoms with Crippen LogP contribution in [0.2, 0.25) is 5.02 Å². The van der Waals surface area contributed by atoms with Crippen LogP contribution in [0.4, 0.5) is 5.95 Å². The molecule has 0 spiro atoms. The van der Waals surface area contributed by atoms with Gasteiger partial charge in [0, 0.05) is 10.8 Å². The lowest BCUT2D eigenvalue weighted by Crippen LogP contribution is -1.91. The SMILES string of the molecule is Clc1ccc(CSc2n[nH]c(N/N=C\c3ccco3)n2)cc1. The van der Waals surface area contributed by atoms with E-state index in [-0.39, 0.29) is 0 Å². The molecule has 6 nitrogen and oxygen atoms in total. The maximum Gasteiger partial charge on any atom is 0.240 e. The number of furan rings is 1. The van der Waals surface area contributed by atoms with Crippen LogP contribution in [0.15, 0.2) is 57.3 Å². The van der Waals surface area contributed by atoms with Crippen molar-refractivity contribution in [2.45, 2.75) is 10.9 Å². The van der Waals surface area contributed by atoms with E-state index in [1.54, 1.807) is 24.6 Å². The van der Waals surface area contributed by atoms with Crippen LogP contribution >= 0.6 is 23.4 Å². The lowest BCUT2D eigenvalue weighted by Gasteiger charge is -1.98. The summed E-state index contributed by atoms with van der Waals surface area (Å²) in [6.07, 6.45) is 3.14. The Morgan fingerprint density at radius 3 is 2.95 bits per heavy atom. The number of aromatic amines is 1. The number of aromatic nitrogens is 3. The first-order valence-corrected chi connectivity index (χ1v) is 7.78. The van der Waals surface area contributed by atoms with Crippen LogP contribution in [-0.4, -0.2) is 21.4 Å². The molecule has 0 aliphatic carbocycles. The van der Waals surface area contributed by atoms with E-state index in [4.69, 9.17) is 16.0 Å². The highest BCUT2D eigenvalue weighted by atomic mass is 35.5. The fourth-order valence-corrected chi connectivity index (χ4v) is 2.49. The van der Waals surface area contributed by atoms with Crippen molar-refractivity contribution in [1.29, 1.82) is 0 Å². The molecule has 0 bridgehead atoms. The van der Waals surface area contributed by atoms with E-state index in [1.807, 2.05) is 24.3 Å². The third kappa shape index (κ3) is 4.12. The highest BCUT2D eigenvalue weighted by Crippen LogP contribution is 2.21. The molecule has 2 heterocycles. The van der Waals surface area contributed by atoms with Crippen molar-refractivity contribution in [3.63, 3.8) is 0 Å². The lowest BCUT2D eigenvalue weighted by molar-refractivity contribution is 0.560. The van der Waals surface area contributed by atoms with Gasteiger partial charge in [-0.3, -0.25) is 0 Å². The van der Waals surface area contributed by atoms with Crippen molar-refractivity contribution in [3.05, 3.63) is 59.0 Å². The number of benzene rings is 1. The molecule has 0 fully saturated rings. The quantitative estimate of drug-likeness (QED) is 0.407. The minimum atomic E-state index is 0.474. The predicted octanol–water partition coefficient (Wildman–Crippen LogP) is 3.79. The average molecular weight is 334 g/mol. The molecule has 2 N–H and O–H groups in total. The molecule has 0 amide bonds. The number of hydrogen-bond acceptors (Lipinski definition) is 6. The van der Waals surface area contributed by atoms with Crippen molar-refractivity contribution in [2.75, 3.05) is 5.43 Å². The molecule has 0 aliphatic heterocycles. The Labute approximate surface area is 136 Å². The van der Waals surface area contributed by atoms with Gasteiger partial charge < -0.3 is 4.42 Å². The van der Waals surface area contributed by atoms with Crippen molar-refractivity contribution in [3.8, 4) is 0 Å². The molecule has 22 heavy (non-hydrogen) atoms. The average Bonchev–Trinajstić information content (AvgIpc) is 3.19. The summed E-state index contributed by atoms with van der Waals surface area (Å²) in [6.45, 7) is 0. The summed E-state index contributed by atoms with van der Waals surface area (Å²) in [4.78, 5) is 4.28. The molecule has 0 saturated heterocycles. The second-order valence-electron chi connectivity index (χ2n) is 4.27. The summed E-state index contributed by atoms with van der Waals surface area (Å²) in [5.74, 6) is 1.90. The summed E-state index contributed by atoms with van der Waals surface area (Å²) in [5.41, 5.74) is 3.92. The van der Waals surface area contributed by atoms with Gasteiger partial charge in [-0.2, -0.15) is 10.1 Å². The molecule has 112 valence electrons. The first-order valence-electron chi connectivity index (χ1n) is 6.42. The molecule has 3 rings (SSSR count). The molecule has 0 unspecified atom stereocenters. The minimum absolute atomic E-state index is 0.474. The number of anilines is 1. The Morgan fingerprint density at radius 2 is 2.18 bits per heavy atom. The minimum Gasteiger partial charge on any atom is -0.463 e. The third-order valence-corrected chi connectivity index (χ3v) is 3.82. The van der Waals surface area contributed by atoms with E-state index < -0.39 is 0 Å². The number of hydrazone groups is 1. The summed E-state index contributed by atoms with van der Waals surface area (Å²) >= 11 is 7.38. The van der Waals surface area contributed by atoms with Crippen LogP contribution in [0, 0.1) is 0 Å². The van der Waals surface area contributed by atoms with Crippen molar-refractivity contribution >= 4 is 35.5 Å². The zero-order valence-electron chi connectivity index (χ0n) is 11.4. The van der Waals surface area contributed by atoms with E-state index >= 15 is 0 Å². The lowest BCUT2D eigenvalue weighted by atomic mass is 10.2. The molecule has 3 aromatic rings. The maximum atomic E-state index is 5.85. The smallest absolute Gasteiger partial charge is 0.240 e. The van der Waals surface area contributed by atoms with Gasteiger partial charge >= 0.3 is 0 Å². The summed E-state index contributed by atoms with van der Waals surface area (Å²) in [7, 11) is 0. The van der Waals surface area contributed by atoms with Crippen LogP contribution in [-0.2, 0) is 5.75 Å². The van der Waals surface area contributed by atoms with E-state index in [1.165, 1.54) is 11.8 Å². The number of thioether (sulfide) groups is 1. The standard InChI is InChI=1S/C14H12ClN5OS/c15-11-5-3-10(4-6-11)9-22-14-17-13(19-20-14)18-16-8-12-2-1-7-21-12/h1-8H,9H2,(H2,17,18,19,20)/b16-8-. The van der Waals surface area contributed by atoms with E-state index in [2.05, 4.69) is 25.7 Å². The van der Waals surface area contributed by atoms with Crippen LogP contribution in [0.1, 0.15) is 11.3 Å². The molecule has 0 radical (unpaired) electrons. The number of nitrogens with one attached hydrogen (secondary N) is 2. The maximum absolute atomic E-state index is 5.85. The first-order chi connectivity index (χ1) is 10.8. The summed E-state index contributed by atoms with van der Waals surface area (Å²) < 4.78 is 5.12. The van der Waals surface area contributed by atoms with E-state index in [0.717, 1.165) is 16.3 Å². The first kappa shape index (κ1) is 14.7. The number of halogens is 1. The normalized spacial score (nSPS) is 11.1. The number of hydrogen-bond donors (Lipinski definition) is 2. The van der Waals surface area contributed by atoms with Crippen LogP contribution in [0.25, 0.3) is 0 Å². The van der Waals surface area contributed by atoms with Crippen LogP contribution in [0.3, 0.4) is 0 Å². The second kappa shape index (κ2) is 7.15. The van der Waals surface area contributed by atoms with Crippen LogP contribution < -0.4 is 5.43 Å². The van der Waals surface area contributed by atoms with E-state index in [9.17, 15) is 0 Å². The molecule has 1 aromatic carbocycles. The van der Waals surface area contributed by atoms with E-state index in [0.29, 0.717) is 16.9 Å². The largest absolute Gasteiger partial charge is 0.463 e. The molecule has 2 aromatic heterocycles. The van der Waals surface area contributed by atoms with Gasteiger partial charge in [0.05, 0.1) is 12.5 Å². The van der Waals surface area contributed by atoms with Crippen molar-refractivity contribution in [1.82, 2.24) is 15.2 Å². The molecule has 0 aliphatic rings. The predicted molar refractivity (Wildman–Crippen MR) is 87.3 cm³/mol. The van der Waals surface area contributed by atoms with Crippen LogP contribution in [0.5, 0.6) is 0 Å². The second-order valence-corrected chi connectivity index (χ2v) is 5.65. The zero-order valence-corrected chi connectivity index (χ0v) is 12.9. The number of rotatable bonds is 6. The Bertz CT molecular complexity index is 739. The van der Waals surface area contributed by atoms with Gasteiger partial charge in [-0.1, -0.05) is 35.5 Å². The molecular weight excluding hydrogens is 322 g/mol. The van der Waals surface area contributed by atoms with Gasteiger partial charge in [0.15, 0.2) is 0 Å². The summed E-state index contributed by atoms with van der Waals surface area (Å²) in [5, 5.41) is 12.3. The van der Waals surface area contributed by atoms with Crippen molar-refractivity contribution < 1.29 is 4.42 Å². The summed E-state index contributed by atoms with van der Waals surface area (Å²) in [6, 6.07) is 11.3. The Balaban J connectivity index is 1.51. The topological polar surface area (TPSA) is 79.1 Å². The fourth-order valence-electron chi connectivity index (χ4n) is 1.61. The zero-order chi connectivity index (χ0) is 15.2. The van der Waals surface area contributed by atoms with Gasteiger partial charge in [-0.25, -0.2) is 10.5 Å². The van der Waals surface area contributed by atoms with Gasteiger partial charge in [-0.05, 0) is 29.8 Å². The molecule has 0 atom stereocenters. The number of nitrogens with zero attached hydrogens (tertiary/aromatic N) is 3. The Hall–Kier alpha value is -2.25. The van der Waals surface area contributed by atoms with Crippen molar-refractivity contribution in [2.24, 2.45) is 5.10 Å². The highest BCUT2D eigenvalue weighted by Gasteiger charge is 2.03. The van der Waals surface area contributed by atoms with Gasteiger partial charge in [-0.15, -0.1) is 5.10 Å². The molecule has 0 saturated carbocycles. The van der Waals surface area contributed by atoms with Gasteiger partial charge in [0.1, 0.15) is 5.76 Å². The monoisotopic (exact) mass is 333 g/mol. The highest BCUT2D eigenvalue weighted by molar-refractivity contribution is 7.98. The fraction of sp³-hybridized carbons (Fsp3) is 0.0714. The Morgan fingerprint density at radius 1 is 1.32 bits per heavy atom. The third-order valence-electron chi connectivity index (χ3n) is 2.65. The van der Waals surface area contributed by atoms with Gasteiger partial charge in [0.25, 0.3) is 0 Å². The Kier molecular flexibility index (Phi) is 4.77. The molecule has 8 heteroatoms. The van der Waals surface area contributed by atoms with Gasteiger partial charge in [0.2, 0.25) is 11.1 Å².